The van der Waals surface area contributed by atoms with Crippen LogP contribution in [0.5, 0.6) is 0 Å². The number of carbonyl (C=O) groups is 3. The highest BCUT2D eigenvalue weighted by atomic mass is 32.2. The van der Waals surface area contributed by atoms with Crippen LogP contribution in [0.15, 0.2) is 0 Å². The lowest BCUT2D eigenvalue weighted by Gasteiger charge is -2.28. The molecule has 0 aromatic rings. The molecule has 0 aromatic carbocycles. The molecule has 7 heteroatoms. The normalized spacial score (nSPS) is 25.7. The number of carboxylic acid groups (broad SMARTS) is 1. The van der Waals surface area contributed by atoms with Gasteiger partial charge in [0.05, 0.1) is 0 Å². The van der Waals surface area contributed by atoms with E-state index in [0.717, 1.165) is 43.9 Å². The van der Waals surface area contributed by atoms with E-state index in [-0.39, 0.29) is 11.2 Å². The number of rotatable bonds is 4. The van der Waals surface area contributed by atoms with E-state index in [2.05, 4.69) is 10.6 Å². The summed E-state index contributed by atoms with van der Waals surface area (Å²) in [5.41, 5.74) is 0. The van der Waals surface area contributed by atoms with Gasteiger partial charge in [-0.05, 0) is 18.8 Å². The fourth-order valence-electron chi connectivity index (χ4n) is 2.63. The number of carboxylic acids is 1. The van der Waals surface area contributed by atoms with Gasteiger partial charge in [0.25, 0.3) is 5.24 Å². The molecule has 1 saturated heterocycles. The molecule has 2 atom stereocenters. The molecule has 1 aliphatic carbocycles. The van der Waals surface area contributed by atoms with E-state index in [0.29, 0.717) is 5.75 Å². The minimum atomic E-state index is -0.989. The Kier molecular flexibility index (Phi) is 4.68. The Morgan fingerprint density at radius 2 is 2.00 bits per heavy atom. The third-order valence-corrected chi connectivity index (χ3v) is 4.55. The van der Waals surface area contributed by atoms with Crippen molar-refractivity contribution in [3.63, 3.8) is 0 Å². The zero-order valence-electron chi connectivity index (χ0n) is 10.6. The first-order chi connectivity index (χ1) is 9.08. The van der Waals surface area contributed by atoms with Crippen LogP contribution < -0.4 is 10.6 Å². The van der Waals surface area contributed by atoms with E-state index in [1.54, 1.807) is 0 Å². The lowest BCUT2D eigenvalue weighted by atomic mass is 9.84. The van der Waals surface area contributed by atoms with E-state index in [1.165, 1.54) is 0 Å². The summed E-state index contributed by atoms with van der Waals surface area (Å²) in [4.78, 5) is 34.3. The second-order valence-corrected chi connectivity index (χ2v) is 6.01. The number of amides is 2. The van der Waals surface area contributed by atoms with Gasteiger partial charge in [0, 0.05) is 5.75 Å². The molecule has 0 aromatic heterocycles. The van der Waals surface area contributed by atoms with Gasteiger partial charge in [-0.2, -0.15) is 0 Å². The van der Waals surface area contributed by atoms with Crippen molar-refractivity contribution in [2.45, 2.75) is 44.2 Å². The summed E-state index contributed by atoms with van der Waals surface area (Å²) in [6.07, 6.45) is 4.83. The van der Waals surface area contributed by atoms with Crippen molar-refractivity contribution >= 4 is 28.9 Å². The van der Waals surface area contributed by atoms with Crippen LogP contribution in [0, 0.1) is 5.92 Å². The number of carbonyl (C=O) groups excluding carboxylic acids is 2. The van der Waals surface area contributed by atoms with Gasteiger partial charge < -0.3 is 15.7 Å². The molecule has 19 heavy (non-hydrogen) atoms. The molecule has 3 N–H and O–H groups in total. The first-order valence-corrected chi connectivity index (χ1v) is 7.53. The maximum atomic E-state index is 11.9. The lowest BCUT2D eigenvalue weighted by molar-refractivity contribution is -0.144. The Hall–Kier alpha value is -1.24. The molecule has 1 aliphatic heterocycles. The Morgan fingerprint density at radius 1 is 1.32 bits per heavy atom. The second kappa shape index (κ2) is 6.27. The highest BCUT2D eigenvalue weighted by molar-refractivity contribution is 8.14. The SMILES string of the molecule is O=C1NC(C(=O)NC(C(=O)O)C2CCCCC2)CS1. The van der Waals surface area contributed by atoms with Gasteiger partial charge in [-0.3, -0.25) is 9.59 Å². The predicted molar refractivity (Wildman–Crippen MR) is 70.9 cm³/mol. The minimum Gasteiger partial charge on any atom is -0.480 e. The third-order valence-electron chi connectivity index (χ3n) is 3.67. The number of nitrogens with one attached hydrogen (secondary N) is 2. The Bertz CT molecular complexity index is 382. The molecule has 6 nitrogen and oxygen atoms in total. The molecule has 2 amide bonds. The van der Waals surface area contributed by atoms with Crippen LogP contribution in [0.1, 0.15) is 32.1 Å². The number of aliphatic carboxylic acids is 1. The van der Waals surface area contributed by atoms with Crippen LogP contribution >= 0.6 is 11.8 Å². The van der Waals surface area contributed by atoms with Crippen LogP contribution in [-0.4, -0.2) is 40.1 Å². The number of thioether (sulfide) groups is 1. The fourth-order valence-corrected chi connectivity index (χ4v) is 3.41. The maximum absolute atomic E-state index is 11.9. The van der Waals surface area contributed by atoms with Gasteiger partial charge in [-0.15, -0.1) is 0 Å². The summed E-state index contributed by atoms with van der Waals surface area (Å²) in [6, 6.07) is -1.45. The molecule has 1 heterocycles. The van der Waals surface area contributed by atoms with Crippen molar-refractivity contribution in [2.75, 3.05) is 5.75 Å². The molecule has 0 spiro atoms. The van der Waals surface area contributed by atoms with E-state index in [1.807, 2.05) is 0 Å². The minimum absolute atomic E-state index is 0.0000392. The van der Waals surface area contributed by atoms with E-state index >= 15 is 0 Å². The highest BCUT2D eigenvalue weighted by Gasteiger charge is 2.34. The van der Waals surface area contributed by atoms with Crippen LogP contribution in [0.4, 0.5) is 4.79 Å². The summed E-state index contributed by atoms with van der Waals surface area (Å²) in [7, 11) is 0. The number of hydrogen-bond donors (Lipinski definition) is 3. The van der Waals surface area contributed by atoms with Gasteiger partial charge in [0.2, 0.25) is 5.91 Å². The van der Waals surface area contributed by atoms with Crippen molar-refractivity contribution < 1.29 is 19.5 Å². The molecule has 1 saturated carbocycles. The summed E-state index contributed by atoms with van der Waals surface area (Å²) in [5, 5.41) is 14.1. The molecule has 2 unspecified atom stereocenters. The zero-order valence-corrected chi connectivity index (χ0v) is 11.4. The van der Waals surface area contributed by atoms with Crippen molar-refractivity contribution in [1.82, 2.24) is 10.6 Å². The second-order valence-electron chi connectivity index (χ2n) is 5.02. The standard InChI is InChI=1S/C12H18N2O4S/c15-10(8-6-19-12(18)13-8)14-9(11(16)17)7-4-2-1-3-5-7/h7-9H,1-6H2,(H,13,18)(H,14,15)(H,16,17). The zero-order chi connectivity index (χ0) is 13.8. The van der Waals surface area contributed by atoms with Crippen LogP contribution in [-0.2, 0) is 9.59 Å². The molecule has 0 bridgehead atoms. The summed E-state index contributed by atoms with van der Waals surface area (Å²) >= 11 is 1.05. The quantitative estimate of drug-likeness (QED) is 0.715. The summed E-state index contributed by atoms with van der Waals surface area (Å²) in [6.45, 7) is 0. The molecule has 2 fully saturated rings. The molecule has 2 rings (SSSR count). The van der Waals surface area contributed by atoms with Gasteiger partial charge in [-0.25, -0.2) is 4.79 Å². The average Bonchev–Trinajstić information content (AvgIpc) is 2.83. The van der Waals surface area contributed by atoms with E-state index in [9.17, 15) is 19.5 Å². The molecular formula is C12H18N2O4S. The molecule has 106 valence electrons. The van der Waals surface area contributed by atoms with Gasteiger partial charge in [0.15, 0.2) is 0 Å². The highest BCUT2D eigenvalue weighted by Crippen LogP contribution is 2.27. The predicted octanol–water partition coefficient (Wildman–Crippen LogP) is 0.961. The van der Waals surface area contributed by atoms with Crippen molar-refractivity contribution in [3.8, 4) is 0 Å². The first kappa shape index (κ1) is 14.2. The van der Waals surface area contributed by atoms with Crippen molar-refractivity contribution in [2.24, 2.45) is 5.92 Å². The lowest BCUT2D eigenvalue weighted by Crippen LogP contribution is -2.52. The van der Waals surface area contributed by atoms with Crippen LogP contribution in [0.2, 0.25) is 0 Å². The van der Waals surface area contributed by atoms with E-state index < -0.39 is 24.0 Å². The topological polar surface area (TPSA) is 95.5 Å². The summed E-state index contributed by atoms with van der Waals surface area (Å²) < 4.78 is 0. The largest absolute Gasteiger partial charge is 0.480 e. The Labute approximate surface area is 115 Å². The monoisotopic (exact) mass is 286 g/mol. The van der Waals surface area contributed by atoms with E-state index in [4.69, 9.17) is 0 Å². The van der Waals surface area contributed by atoms with Crippen LogP contribution in [0.3, 0.4) is 0 Å². The summed E-state index contributed by atoms with van der Waals surface area (Å²) in [5.74, 6) is -1.02. The molecule has 0 radical (unpaired) electrons. The van der Waals surface area contributed by atoms with Gasteiger partial charge in [0.1, 0.15) is 12.1 Å². The smallest absolute Gasteiger partial charge is 0.326 e. The third kappa shape index (κ3) is 3.62. The average molecular weight is 286 g/mol. The van der Waals surface area contributed by atoms with Gasteiger partial charge in [-0.1, -0.05) is 31.0 Å². The Morgan fingerprint density at radius 3 is 2.53 bits per heavy atom. The molecule has 2 aliphatic rings. The Balaban J connectivity index is 1.94. The van der Waals surface area contributed by atoms with Crippen LogP contribution in [0.25, 0.3) is 0 Å². The van der Waals surface area contributed by atoms with Crippen molar-refractivity contribution in [3.05, 3.63) is 0 Å². The number of hydrogen-bond acceptors (Lipinski definition) is 4. The van der Waals surface area contributed by atoms with Gasteiger partial charge >= 0.3 is 5.97 Å². The first-order valence-electron chi connectivity index (χ1n) is 6.54. The molecular weight excluding hydrogens is 268 g/mol. The van der Waals surface area contributed by atoms with Crippen molar-refractivity contribution in [1.29, 1.82) is 0 Å². The maximum Gasteiger partial charge on any atom is 0.326 e. The fraction of sp³-hybridized carbons (Fsp3) is 0.750.